The average molecular weight is 279 g/mol. The van der Waals surface area contributed by atoms with Crippen LogP contribution >= 0.6 is 0 Å². The van der Waals surface area contributed by atoms with Gasteiger partial charge in [0, 0.05) is 12.2 Å². The molecule has 0 aliphatic rings. The number of benzene rings is 1. The smallest absolute Gasteiger partial charge is 0.244 e. The van der Waals surface area contributed by atoms with Gasteiger partial charge in [0.2, 0.25) is 10.0 Å². The first-order valence-corrected chi connectivity index (χ1v) is 7.59. The molecule has 0 amide bonds. The summed E-state index contributed by atoms with van der Waals surface area (Å²) < 4.78 is 27.0. The molecule has 0 aliphatic carbocycles. The molecule has 6 heteroatoms. The lowest BCUT2D eigenvalue weighted by Gasteiger charge is -2.17. The predicted octanol–water partition coefficient (Wildman–Crippen LogP) is 2.15. The highest BCUT2D eigenvalue weighted by atomic mass is 32.2. The second-order valence-corrected chi connectivity index (χ2v) is 6.14. The lowest BCUT2D eigenvalue weighted by molar-refractivity contribution is 0.550. The summed E-state index contributed by atoms with van der Waals surface area (Å²) in [6.45, 7) is 3.95. The van der Waals surface area contributed by atoms with E-state index in [1.165, 1.54) is 12.4 Å². The number of aryl methyl sites for hydroxylation is 1. The molecule has 2 rings (SSSR count). The number of hydrogen-bond acceptors (Lipinski definition) is 3. The summed E-state index contributed by atoms with van der Waals surface area (Å²) >= 11 is 0. The summed E-state index contributed by atoms with van der Waals surface area (Å²) in [5, 5.41) is 6.17. The van der Waals surface area contributed by atoms with Crippen LogP contribution in [0.3, 0.4) is 0 Å². The van der Waals surface area contributed by atoms with Crippen LogP contribution in [0.25, 0.3) is 0 Å². The largest absolute Gasteiger partial charge is 0.284 e. The second-order valence-electron chi connectivity index (χ2n) is 4.43. The molecule has 2 aromatic rings. The number of nitrogens with zero attached hydrogens (tertiary/aromatic N) is 1. The fourth-order valence-electron chi connectivity index (χ4n) is 1.83. The third kappa shape index (κ3) is 3.21. The normalized spacial score (nSPS) is 13.4. The van der Waals surface area contributed by atoms with Crippen LogP contribution in [0.5, 0.6) is 0 Å². The maximum Gasteiger partial charge on any atom is 0.244 e. The third-order valence-electron chi connectivity index (χ3n) is 2.97. The van der Waals surface area contributed by atoms with Gasteiger partial charge < -0.3 is 0 Å². The summed E-state index contributed by atoms with van der Waals surface area (Å²) in [6, 6.07) is 7.61. The summed E-state index contributed by atoms with van der Waals surface area (Å²) in [7, 11) is -3.53. The maximum absolute atomic E-state index is 12.1. The Balaban J connectivity index is 2.22. The molecular formula is C13H17N3O2S. The van der Waals surface area contributed by atoms with E-state index in [0.29, 0.717) is 6.42 Å². The van der Waals surface area contributed by atoms with Crippen LogP contribution in [-0.2, 0) is 10.0 Å². The first-order valence-electron chi connectivity index (χ1n) is 6.10. The monoisotopic (exact) mass is 279 g/mol. The molecule has 0 bridgehead atoms. The van der Waals surface area contributed by atoms with E-state index in [0.717, 1.165) is 11.1 Å². The Morgan fingerprint density at radius 3 is 2.53 bits per heavy atom. The summed E-state index contributed by atoms with van der Waals surface area (Å²) in [5.41, 5.74) is 2.11. The lowest BCUT2D eigenvalue weighted by Crippen LogP contribution is -2.28. The van der Waals surface area contributed by atoms with Gasteiger partial charge in [0.25, 0.3) is 0 Å². The third-order valence-corrected chi connectivity index (χ3v) is 4.41. The van der Waals surface area contributed by atoms with Crippen LogP contribution in [0.2, 0.25) is 0 Å². The molecule has 2 N–H and O–H groups in total. The molecule has 19 heavy (non-hydrogen) atoms. The van der Waals surface area contributed by atoms with Gasteiger partial charge in [-0.15, -0.1) is 0 Å². The van der Waals surface area contributed by atoms with Crippen molar-refractivity contribution in [1.82, 2.24) is 14.9 Å². The standard InChI is InChI=1S/C13H17N3O2S/c1-3-13(11-6-4-10(2)5-7-11)16-19(17,18)12-8-14-15-9-12/h4-9,13,16H,3H2,1-2H3,(H,14,15). The van der Waals surface area contributed by atoms with E-state index >= 15 is 0 Å². The van der Waals surface area contributed by atoms with Gasteiger partial charge in [-0.05, 0) is 18.9 Å². The number of rotatable bonds is 5. The van der Waals surface area contributed by atoms with Crippen LogP contribution in [0.4, 0.5) is 0 Å². The van der Waals surface area contributed by atoms with Crippen LogP contribution in [0.1, 0.15) is 30.5 Å². The van der Waals surface area contributed by atoms with Crippen LogP contribution in [0.15, 0.2) is 41.6 Å². The number of hydrogen-bond donors (Lipinski definition) is 2. The molecule has 0 spiro atoms. The molecule has 0 aliphatic heterocycles. The molecule has 0 saturated heterocycles. The van der Waals surface area contributed by atoms with Crippen molar-refractivity contribution in [1.29, 1.82) is 0 Å². The van der Waals surface area contributed by atoms with Gasteiger partial charge in [0.1, 0.15) is 4.90 Å². The molecule has 1 unspecified atom stereocenters. The summed E-state index contributed by atoms with van der Waals surface area (Å²) in [6.07, 6.45) is 3.34. The van der Waals surface area contributed by atoms with E-state index in [-0.39, 0.29) is 10.9 Å². The van der Waals surface area contributed by atoms with Crippen LogP contribution in [-0.4, -0.2) is 18.6 Å². The molecule has 0 saturated carbocycles. The van der Waals surface area contributed by atoms with Crippen molar-refractivity contribution in [3.63, 3.8) is 0 Å². The Morgan fingerprint density at radius 2 is 2.00 bits per heavy atom. The molecule has 5 nitrogen and oxygen atoms in total. The van der Waals surface area contributed by atoms with Gasteiger partial charge in [0.15, 0.2) is 0 Å². The quantitative estimate of drug-likeness (QED) is 0.880. The number of aromatic amines is 1. The zero-order valence-corrected chi connectivity index (χ0v) is 11.7. The minimum Gasteiger partial charge on any atom is -0.284 e. The number of sulfonamides is 1. The predicted molar refractivity (Wildman–Crippen MR) is 73.1 cm³/mol. The Morgan fingerprint density at radius 1 is 1.32 bits per heavy atom. The maximum atomic E-state index is 12.1. The average Bonchev–Trinajstić information content (AvgIpc) is 2.92. The van der Waals surface area contributed by atoms with Gasteiger partial charge in [-0.1, -0.05) is 36.8 Å². The molecule has 1 heterocycles. The van der Waals surface area contributed by atoms with Gasteiger partial charge >= 0.3 is 0 Å². The number of aromatic nitrogens is 2. The van der Waals surface area contributed by atoms with Gasteiger partial charge in [0.05, 0.1) is 6.20 Å². The first-order chi connectivity index (χ1) is 9.03. The fraction of sp³-hybridized carbons (Fsp3) is 0.308. The Kier molecular flexibility index (Phi) is 4.01. The molecule has 0 fully saturated rings. The fourth-order valence-corrected chi connectivity index (χ4v) is 3.04. The van der Waals surface area contributed by atoms with Crippen molar-refractivity contribution in [2.45, 2.75) is 31.2 Å². The molecule has 1 aromatic carbocycles. The number of H-pyrrole nitrogens is 1. The van der Waals surface area contributed by atoms with Crippen molar-refractivity contribution >= 4 is 10.0 Å². The molecular weight excluding hydrogens is 262 g/mol. The molecule has 1 aromatic heterocycles. The van der Waals surface area contributed by atoms with Crippen molar-refractivity contribution in [2.75, 3.05) is 0 Å². The minimum atomic E-state index is -3.53. The highest BCUT2D eigenvalue weighted by Gasteiger charge is 2.20. The molecule has 1 atom stereocenters. The summed E-state index contributed by atoms with van der Waals surface area (Å²) in [5.74, 6) is 0. The SMILES string of the molecule is CCC(NS(=O)(=O)c1cn[nH]c1)c1ccc(C)cc1. The minimum absolute atomic E-state index is 0.151. The highest BCUT2D eigenvalue weighted by molar-refractivity contribution is 7.89. The van der Waals surface area contributed by atoms with Crippen molar-refractivity contribution in [3.05, 3.63) is 47.8 Å². The van der Waals surface area contributed by atoms with E-state index in [1.54, 1.807) is 0 Å². The van der Waals surface area contributed by atoms with Crippen molar-refractivity contribution in [2.24, 2.45) is 0 Å². The van der Waals surface area contributed by atoms with Crippen LogP contribution < -0.4 is 4.72 Å². The van der Waals surface area contributed by atoms with Crippen LogP contribution in [0, 0.1) is 6.92 Å². The van der Waals surface area contributed by atoms with E-state index in [1.807, 2.05) is 38.1 Å². The van der Waals surface area contributed by atoms with E-state index in [4.69, 9.17) is 0 Å². The van der Waals surface area contributed by atoms with E-state index in [2.05, 4.69) is 14.9 Å². The zero-order chi connectivity index (χ0) is 13.9. The molecule has 0 radical (unpaired) electrons. The molecule has 102 valence electrons. The number of nitrogens with one attached hydrogen (secondary N) is 2. The van der Waals surface area contributed by atoms with Crippen molar-refractivity contribution in [3.8, 4) is 0 Å². The zero-order valence-electron chi connectivity index (χ0n) is 10.9. The second kappa shape index (κ2) is 5.54. The Hall–Kier alpha value is -1.66. The first kappa shape index (κ1) is 13.8. The topological polar surface area (TPSA) is 74.8 Å². The highest BCUT2D eigenvalue weighted by Crippen LogP contribution is 2.20. The van der Waals surface area contributed by atoms with Gasteiger partial charge in [-0.3, -0.25) is 5.10 Å². The van der Waals surface area contributed by atoms with Gasteiger partial charge in [-0.25, -0.2) is 13.1 Å². The van der Waals surface area contributed by atoms with Crippen molar-refractivity contribution < 1.29 is 8.42 Å². The van der Waals surface area contributed by atoms with Gasteiger partial charge in [-0.2, -0.15) is 5.10 Å². The Bertz CT molecular complexity index is 618. The van der Waals surface area contributed by atoms with E-state index in [9.17, 15) is 8.42 Å². The lowest BCUT2D eigenvalue weighted by atomic mass is 10.0. The van der Waals surface area contributed by atoms with E-state index < -0.39 is 10.0 Å². The summed E-state index contributed by atoms with van der Waals surface area (Å²) in [4.78, 5) is 0.151. The Labute approximate surface area is 113 Å².